The van der Waals surface area contributed by atoms with Crippen LogP contribution in [0, 0.1) is 0 Å². The van der Waals surface area contributed by atoms with Gasteiger partial charge in [0.05, 0.1) is 26.4 Å². The minimum Gasteiger partial charge on any atom is -0.510 e. The second kappa shape index (κ2) is 12.1. The van der Waals surface area contributed by atoms with Crippen LogP contribution in [-0.2, 0) is 23.8 Å². The lowest BCUT2D eigenvalue weighted by molar-refractivity contribution is -0.113. The van der Waals surface area contributed by atoms with Gasteiger partial charge in [-0.05, 0) is 13.8 Å². The Kier molecular flexibility index (Phi) is 11.1. The van der Waals surface area contributed by atoms with Crippen molar-refractivity contribution >= 4 is 11.6 Å². The number of ether oxygens (including phenoxy) is 3. The molecule has 7 heteroatoms. The summed E-state index contributed by atoms with van der Waals surface area (Å²) in [6.07, 6.45) is 2.19. The fraction of sp³-hybridized carbons (Fsp3) is 0.571. The standard InChI is InChI=1S/C14H22O7/c1-11(15)7-13(17)9-20-5-3-19-4-6-21-10-14(18)8-12(2)16/h7-8,17-18H,3-6,9-10H2,1-2H3/b13-7-,14-8-. The van der Waals surface area contributed by atoms with Crippen LogP contribution >= 0.6 is 0 Å². The fourth-order valence-electron chi connectivity index (χ4n) is 1.24. The van der Waals surface area contributed by atoms with Gasteiger partial charge in [-0.3, -0.25) is 9.59 Å². The third kappa shape index (κ3) is 14.5. The van der Waals surface area contributed by atoms with Gasteiger partial charge in [0, 0.05) is 12.2 Å². The van der Waals surface area contributed by atoms with Gasteiger partial charge in [-0.1, -0.05) is 0 Å². The van der Waals surface area contributed by atoms with Crippen molar-refractivity contribution in [2.75, 3.05) is 39.6 Å². The van der Waals surface area contributed by atoms with Gasteiger partial charge < -0.3 is 24.4 Å². The van der Waals surface area contributed by atoms with Crippen LogP contribution in [0.15, 0.2) is 23.7 Å². The highest BCUT2D eigenvalue weighted by molar-refractivity contribution is 5.87. The van der Waals surface area contributed by atoms with Gasteiger partial charge >= 0.3 is 0 Å². The molecule has 7 nitrogen and oxygen atoms in total. The SMILES string of the molecule is CC(=O)/C=C(\O)COCCOCCOC/C(O)=C/C(C)=O. The Morgan fingerprint density at radius 2 is 1.10 bits per heavy atom. The molecule has 0 amide bonds. The Balaban J connectivity index is 3.41. The first kappa shape index (κ1) is 19.3. The molecule has 0 aliphatic heterocycles. The van der Waals surface area contributed by atoms with E-state index < -0.39 is 0 Å². The molecular formula is C14H22O7. The number of hydrogen-bond donors (Lipinski definition) is 2. The molecule has 0 atom stereocenters. The van der Waals surface area contributed by atoms with Crippen molar-refractivity contribution in [1.29, 1.82) is 0 Å². The smallest absolute Gasteiger partial charge is 0.156 e. The van der Waals surface area contributed by atoms with Crippen LogP contribution in [0.5, 0.6) is 0 Å². The van der Waals surface area contributed by atoms with Crippen LogP contribution < -0.4 is 0 Å². The van der Waals surface area contributed by atoms with Crippen molar-refractivity contribution in [1.82, 2.24) is 0 Å². The molecule has 21 heavy (non-hydrogen) atoms. The summed E-state index contributed by atoms with van der Waals surface area (Å²) in [4.78, 5) is 21.3. The summed E-state index contributed by atoms with van der Waals surface area (Å²) >= 11 is 0. The molecule has 2 N–H and O–H groups in total. The quantitative estimate of drug-likeness (QED) is 0.316. The van der Waals surface area contributed by atoms with Crippen LogP contribution in [0.1, 0.15) is 13.8 Å². The average Bonchev–Trinajstić information content (AvgIpc) is 2.34. The molecule has 0 unspecified atom stereocenters. The van der Waals surface area contributed by atoms with Crippen molar-refractivity contribution in [3.8, 4) is 0 Å². The number of aliphatic hydroxyl groups is 2. The Hall–Kier alpha value is -1.70. The van der Waals surface area contributed by atoms with Crippen molar-refractivity contribution in [3.63, 3.8) is 0 Å². The van der Waals surface area contributed by atoms with Gasteiger partial charge in [-0.2, -0.15) is 0 Å². The van der Waals surface area contributed by atoms with Gasteiger partial charge in [-0.15, -0.1) is 0 Å². The maximum absolute atomic E-state index is 10.6. The van der Waals surface area contributed by atoms with E-state index in [0.29, 0.717) is 13.2 Å². The Bertz CT molecular complexity index is 349. The Morgan fingerprint density at radius 3 is 1.43 bits per heavy atom. The topological polar surface area (TPSA) is 102 Å². The zero-order valence-electron chi connectivity index (χ0n) is 12.3. The van der Waals surface area contributed by atoms with Gasteiger partial charge in [0.25, 0.3) is 0 Å². The molecule has 0 aliphatic carbocycles. The molecule has 0 fully saturated rings. The largest absolute Gasteiger partial charge is 0.510 e. The highest BCUT2D eigenvalue weighted by Gasteiger charge is 1.98. The van der Waals surface area contributed by atoms with E-state index in [1.54, 1.807) is 0 Å². The monoisotopic (exact) mass is 302 g/mol. The van der Waals surface area contributed by atoms with Crippen molar-refractivity contribution in [3.05, 3.63) is 23.7 Å². The van der Waals surface area contributed by atoms with E-state index in [1.807, 2.05) is 0 Å². The highest BCUT2D eigenvalue weighted by Crippen LogP contribution is 1.92. The Labute approximate surface area is 123 Å². The van der Waals surface area contributed by atoms with Gasteiger partial charge in [0.15, 0.2) is 11.6 Å². The summed E-state index contributed by atoms with van der Waals surface area (Å²) < 4.78 is 15.3. The maximum atomic E-state index is 10.6. The first-order valence-corrected chi connectivity index (χ1v) is 6.45. The molecule has 0 aromatic heterocycles. The minimum absolute atomic E-state index is 0.0385. The zero-order chi connectivity index (χ0) is 16.1. The van der Waals surface area contributed by atoms with Crippen LogP contribution in [-0.4, -0.2) is 61.4 Å². The maximum Gasteiger partial charge on any atom is 0.156 e. The van der Waals surface area contributed by atoms with E-state index in [2.05, 4.69) is 0 Å². The predicted octanol–water partition coefficient (Wildman–Crippen LogP) is 1.10. The summed E-state index contributed by atoms with van der Waals surface area (Å²) in [6, 6.07) is 0. The first-order valence-electron chi connectivity index (χ1n) is 6.45. The third-order valence-corrected chi connectivity index (χ3v) is 1.98. The van der Waals surface area contributed by atoms with E-state index in [0.717, 1.165) is 12.2 Å². The number of carbonyl (C=O) groups excluding carboxylic acids is 2. The van der Waals surface area contributed by atoms with Gasteiger partial charge in [-0.25, -0.2) is 0 Å². The number of allylic oxidation sites excluding steroid dienone is 2. The summed E-state index contributed by atoms with van der Waals surface area (Å²) in [6.45, 7) is 3.76. The number of rotatable bonds is 12. The molecule has 0 heterocycles. The van der Waals surface area contributed by atoms with Crippen molar-refractivity contribution in [2.24, 2.45) is 0 Å². The van der Waals surface area contributed by atoms with E-state index in [9.17, 15) is 19.8 Å². The fourth-order valence-corrected chi connectivity index (χ4v) is 1.24. The molecule has 0 bridgehead atoms. The number of ketones is 2. The minimum atomic E-state index is -0.244. The average molecular weight is 302 g/mol. The molecule has 0 saturated heterocycles. The van der Waals surface area contributed by atoms with Crippen LogP contribution in [0.3, 0.4) is 0 Å². The molecular weight excluding hydrogens is 280 g/mol. The summed E-state index contributed by atoms with van der Waals surface area (Å²) in [7, 11) is 0. The second-order valence-corrected chi connectivity index (χ2v) is 4.21. The molecule has 0 aromatic carbocycles. The molecule has 0 radical (unpaired) electrons. The first-order chi connectivity index (χ1) is 9.91. The number of hydrogen-bond acceptors (Lipinski definition) is 7. The highest BCUT2D eigenvalue weighted by atomic mass is 16.5. The second-order valence-electron chi connectivity index (χ2n) is 4.21. The summed E-state index contributed by atoms with van der Waals surface area (Å²) in [5.41, 5.74) is 0. The van der Waals surface area contributed by atoms with Crippen molar-refractivity contribution in [2.45, 2.75) is 13.8 Å². The third-order valence-electron chi connectivity index (χ3n) is 1.98. The summed E-state index contributed by atoms with van der Waals surface area (Å²) in [5, 5.41) is 18.4. The lowest BCUT2D eigenvalue weighted by Crippen LogP contribution is -2.11. The van der Waals surface area contributed by atoms with Gasteiger partial charge in [0.2, 0.25) is 0 Å². The van der Waals surface area contributed by atoms with Crippen LogP contribution in [0.25, 0.3) is 0 Å². The molecule has 0 rings (SSSR count). The summed E-state index contributed by atoms with van der Waals surface area (Å²) in [5.74, 6) is -0.740. The molecule has 0 spiro atoms. The normalized spacial score (nSPS) is 12.5. The van der Waals surface area contributed by atoms with Gasteiger partial charge in [0.1, 0.15) is 24.7 Å². The molecule has 120 valence electrons. The lowest BCUT2D eigenvalue weighted by atomic mass is 10.4. The number of aliphatic hydroxyl groups excluding tert-OH is 2. The van der Waals surface area contributed by atoms with E-state index >= 15 is 0 Å². The molecule has 0 saturated carbocycles. The molecule has 0 aliphatic rings. The Morgan fingerprint density at radius 1 is 0.762 bits per heavy atom. The predicted molar refractivity (Wildman–Crippen MR) is 75.2 cm³/mol. The van der Waals surface area contributed by atoms with E-state index in [1.165, 1.54) is 13.8 Å². The van der Waals surface area contributed by atoms with Crippen LogP contribution in [0.4, 0.5) is 0 Å². The number of carbonyl (C=O) groups is 2. The zero-order valence-corrected chi connectivity index (χ0v) is 12.3. The lowest BCUT2D eigenvalue weighted by Gasteiger charge is -2.06. The van der Waals surface area contributed by atoms with Crippen molar-refractivity contribution < 1.29 is 34.0 Å². The van der Waals surface area contributed by atoms with Crippen LogP contribution in [0.2, 0.25) is 0 Å². The van der Waals surface area contributed by atoms with E-state index in [-0.39, 0.29) is 49.5 Å². The molecule has 0 aromatic rings. The van der Waals surface area contributed by atoms with E-state index in [4.69, 9.17) is 14.2 Å².